The number of hydrogen-bond donors (Lipinski definition) is 0. The summed E-state index contributed by atoms with van der Waals surface area (Å²) in [5.41, 5.74) is 9.46. The topological polar surface area (TPSA) is 17.1 Å². The molecule has 0 atom stereocenters. The zero-order chi connectivity index (χ0) is 18.2. The van der Waals surface area contributed by atoms with Crippen LogP contribution >= 0.6 is 0 Å². The Morgan fingerprint density at radius 1 is 0.593 bits per heavy atom. The number of benzene rings is 2. The maximum Gasteiger partial charge on any atom is 0.185 e. The van der Waals surface area contributed by atoms with Crippen LogP contribution in [0.15, 0.2) is 71.8 Å². The number of fused-ring (bicyclic) bond motifs is 2. The van der Waals surface area contributed by atoms with Crippen molar-refractivity contribution < 1.29 is 4.79 Å². The van der Waals surface area contributed by atoms with Gasteiger partial charge in [0, 0.05) is 11.1 Å². The van der Waals surface area contributed by atoms with Gasteiger partial charge in [0.1, 0.15) is 0 Å². The Hall–Kier alpha value is -2.93. The van der Waals surface area contributed by atoms with E-state index in [1.807, 2.05) is 0 Å². The maximum atomic E-state index is 13.6. The zero-order valence-corrected chi connectivity index (χ0v) is 15.4. The fourth-order valence-electron chi connectivity index (χ4n) is 4.66. The van der Waals surface area contributed by atoms with E-state index in [0.717, 1.165) is 43.3 Å². The summed E-state index contributed by atoms with van der Waals surface area (Å²) in [6.07, 6.45) is 13.3. The van der Waals surface area contributed by atoms with Crippen LogP contribution in [-0.4, -0.2) is 5.78 Å². The summed E-state index contributed by atoms with van der Waals surface area (Å²) >= 11 is 0. The first kappa shape index (κ1) is 16.3. The van der Waals surface area contributed by atoms with Gasteiger partial charge in [0.2, 0.25) is 0 Å². The van der Waals surface area contributed by atoms with E-state index in [-0.39, 0.29) is 5.78 Å². The van der Waals surface area contributed by atoms with Crippen LogP contribution in [-0.2, 0) is 4.79 Å². The number of allylic oxidation sites excluding steroid dienone is 6. The van der Waals surface area contributed by atoms with Crippen LogP contribution in [0.4, 0.5) is 0 Å². The molecule has 0 N–H and O–H groups in total. The second kappa shape index (κ2) is 6.66. The summed E-state index contributed by atoms with van der Waals surface area (Å²) in [5, 5.41) is 0. The highest BCUT2D eigenvalue weighted by molar-refractivity contribution is 6.18. The molecule has 0 aliphatic heterocycles. The molecular weight excluding hydrogens is 328 g/mol. The Labute approximate surface area is 160 Å². The van der Waals surface area contributed by atoms with E-state index in [2.05, 4.69) is 72.8 Å². The Morgan fingerprint density at radius 2 is 1.07 bits per heavy atom. The smallest absolute Gasteiger partial charge is 0.185 e. The summed E-state index contributed by atoms with van der Waals surface area (Å²) in [6, 6.07) is 16.9. The van der Waals surface area contributed by atoms with E-state index in [1.165, 1.54) is 33.4 Å². The third kappa shape index (κ3) is 2.75. The van der Waals surface area contributed by atoms with Crippen molar-refractivity contribution in [2.24, 2.45) is 0 Å². The van der Waals surface area contributed by atoms with Crippen molar-refractivity contribution in [1.29, 1.82) is 0 Å². The molecule has 0 bridgehead atoms. The highest BCUT2D eigenvalue weighted by atomic mass is 16.1. The summed E-state index contributed by atoms with van der Waals surface area (Å²) < 4.78 is 0. The summed E-state index contributed by atoms with van der Waals surface area (Å²) in [6.45, 7) is 0. The lowest BCUT2D eigenvalue weighted by molar-refractivity contribution is -0.112. The van der Waals surface area contributed by atoms with Gasteiger partial charge < -0.3 is 0 Å². The van der Waals surface area contributed by atoms with Crippen molar-refractivity contribution in [2.75, 3.05) is 0 Å². The predicted octanol–water partition coefficient (Wildman–Crippen LogP) is 6.48. The molecule has 0 amide bonds. The molecule has 0 saturated heterocycles. The van der Waals surface area contributed by atoms with E-state index in [9.17, 15) is 4.79 Å². The van der Waals surface area contributed by atoms with Gasteiger partial charge in [-0.25, -0.2) is 0 Å². The van der Waals surface area contributed by atoms with E-state index in [1.54, 1.807) is 0 Å². The van der Waals surface area contributed by atoms with Crippen molar-refractivity contribution >= 4 is 29.1 Å². The van der Waals surface area contributed by atoms with Gasteiger partial charge in [-0.2, -0.15) is 0 Å². The monoisotopic (exact) mass is 350 g/mol. The van der Waals surface area contributed by atoms with Gasteiger partial charge in [-0.05, 0) is 65.5 Å². The third-order valence-corrected chi connectivity index (χ3v) is 5.94. The molecule has 3 aliphatic rings. The summed E-state index contributed by atoms with van der Waals surface area (Å²) in [4.78, 5) is 13.6. The van der Waals surface area contributed by atoms with Crippen LogP contribution in [0.2, 0.25) is 0 Å². The van der Waals surface area contributed by atoms with Gasteiger partial charge in [0.05, 0.1) is 0 Å². The Bertz CT molecular complexity index is 976. The van der Waals surface area contributed by atoms with Crippen molar-refractivity contribution in [3.05, 3.63) is 94.1 Å². The fourth-order valence-corrected chi connectivity index (χ4v) is 4.66. The Morgan fingerprint density at radius 3 is 1.59 bits per heavy atom. The van der Waals surface area contributed by atoms with E-state index in [0.29, 0.717) is 0 Å². The SMILES string of the molecule is O=C1/C(=C2/CC=Cc3ccccc32)CCC/C1=C1/CC=Cc2ccccc21. The van der Waals surface area contributed by atoms with Crippen LogP contribution in [0.3, 0.4) is 0 Å². The van der Waals surface area contributed by atoms with Crippen molar-refractivity contribution in [3.63, 3.8) is 0 Å². The van der Waals surface area contributed by atoms with Gasteiger partial charge in [-0.1, -0.05) is 72.8 Å². The number of hydrogen-bond acceptors (Lipinski definition) is 1. The molecule has 0 unspecified atom stereocenters. The molecule has 132 valence electrons. The molecule has 0 spiro atoms. The van der Waals surface area contributed by atoms with E-state index >= 15 is 0 Å². The zero-order valence-electron chi connectivity index (χ0n) is 15.4. The molecule has 0 heterocycles. The number of carbonyl (C=O) groups is 1. The first-order valence-electron chi connectivity index (χ1n) is 9.83. The molecule has 2 aromatic rings. The van der Waals surface area contributed by atoms with Gasteiger partial charge in [0.25, 0.3) is 0 Å². The van der Waals surface area contributed by atoms with Crippen LogP contribution in [0, 0.1) is 0 Å². The second-order valence-electron chi connectivity index (χ2n) is 7.48. The Balaban J connectivity index is 1.65. The minimum absolute atomic E-state index is 0.279. The van der Waals surface area contributed by atoms with Crippen LogP contribution in [0.1, 0.15) is 54.4 Å². The molecule has 1 fully saturated rings. The molecule has 1 nitrogen and oxygen atoms in total. The molecule has 2 aromatic carbocycles. The number of Topliss-reactive ketones (excluding diaryl/α,β-unsaturated/α-hetero) is 1. The van der Waals surface area contributed by atoms with Crippen molar-refractivity contribution in [2.45, 2.75) is 32.1 Å². The molecule has 0 radical (unpaired) electrons. The van der Waals surface area contributed by atoms with Gasteiger partial charge in [0.15, 0.2) is 5.78 Å². The maximum absolute atomic E-state index is 13.6. The third-order valence-electron chi connectivity index (χ3n) is 5.94. The van der Waals surface area contributed by atoms with Crippen molar-refractivity contribution in [3.8, 4) is 0 Å². The quantitative estimate of drug-likeness (QED) is 0.497. The van der Waals surface area contributed by atoms with E-state index < -0.39 is 0 Å². The minimum atomic E-state index is 0.279. The van der Waals surface area contributed by atoms with Crippen molar-refractivity contribution in [1.82, 2.24) is 0 Å². The first-order chi connectivity index (χ1) is 13.3. The number of ketones is 1. The minimum Gasteiger partial charge on any atom is -0.289 e. The van der Waals surface area contributed by atoms with Gasteiger partial charge in [-0.15, -0.1) is 0 Å². The molecule has 1 heteroatoms. The normalized spacial score (nSPS) is 23.9. The highest BCUT2D eigenvalue weighted by Crippen LogP contribution is 2.41. The van der Waals surface area contributed by atoms with Crippen LogP contribution < -0.4 is 0 Å². The first-order valence-corrected chi connectivity index (χ1v) is 9.83. The molecule has 1 saturated carbocycles. The molecular formula is C26H22O. The van der Waals surface area contributed by atoms with Gasteiger partial charge in [-0.3, -0.25) is 4.79 Å². The number of carbonyl (C=O) groups excluding carboxylic acids is 1. The Kier molecular flexibility index (Phi) is 4.01. The number of rotatable bonds is 0. The average molecular weight is 350 g/mol. The fraction of sp³-hybridized carbons (Fsp3) is 0.192. The lowest BCUT2D eigenvalue weighted by Gasteiger charge is -2.26. The predicted molar refractivity (Wildman–Crippen MR) is 113 cm³/mol. The average Bonchev–Trinajstić information content (AvgIpc) is 2.73. The molecule has 27 heavy (non-hydrogen) atoms. The lowest BCUT2D eigenvalue weighted by atomic mass is 9.77. The lowest BCUT2D eigenvalue weighted by Crippen LogP contribution is -2.17. The summed E-state index contributed by atoms with van der Waals surface area (Å²) in [7, 11) is 0. The molecule has 5 rings (SSSR count). The molecule has 0 aromatic heterocycles. The highest BCUT2D eigenvalue weighted by Gasteiger charge is 2.28. The summed E-state index contributed by atoms with van der Waals surface area (Å²) in [5.74, 6) is 0.279. The van der Waals surface area contributed by atoms with E-state index in [4.69, 9.17) is 0 Å². The standard InChI is InChI=1S/C26H22O/c27-26-24(22-14-5-10-18-8-1-3-12-20(18)22)16-7-17-25(26)23-15-6-11-19-9-2-4-13-21(19)23/h1-6,8-13H,7,14-17H2/b24-22-,25-23+. The second-order valence-corrected chi connectivity index (χ2v) is 7.48. The van der Waals surface area contributed by atoms with Crippen LogP contribution in [0.5, 0.6) is 0 Å². The largest absolute Gasteiger partial charge is 0.289 e. The van der Waals surface area contributed by atoms with Gasteiger partial charge >= 0.3 is 0 Å². The molecule has 3 aliphatic carbocycles. The van der Waals surface area contributed by atoms with Crippen LogP contribution in [0.25, 0.3) is 23.3 Å².